The van der Waals surface area contributed by atoms with Crippen molar-refractivity contribution in [3.8, 4) is 0 Å². The number of thioether (sulfide) groups is 1. The number of carbonyl (C=O) groups excluding carboxylic acids is 1. The van der Waals surface area contributed by atoms with E-state index in [-0.39, 0.29) is 10.7 Å². The number of nitrogens with one attached hydrogen (secondary N) is 1. The fourth-order valence-corrected chi connectivity index (χ4v) is 3.65. The molecule has 1 unspecified atom stereocenters. The molecule has 1 fully saturated rings. The smallest absolute Gasteiger partial charge is 0.236 e. The molecule has 2 nitrogen and oxygen atoms in total. The van der Waals surface area contributed by atoms with Gasteiger partial charge in [-0.2, -0.15) is 0 Å². The summed E-state index contributed by atoms with van der Waals surface area (Å²) in [5.74, 6) is 1.26. The van der Waals surface area contributed by atoms with E-state index in [0.717, 1.165) is 28.6 Å². The van der Waals surface area contributed by atoms with E-state index in [4.69, 9.17) is 0 Å². The van der Waals surface area contributed by atoms with Gasteiger partial charge in [0.1, 0.15) is 0 Å². The van der Waals surface area contributed by atoms with Crippen LogP contribution in [0.1, 0.15) is 25.3 Å². The summed E-state index contributed by atoms with van der Waals surface area (Å²) in [6.45, 7) is 2.65. The Bertz CT molecular complexity index is 416. The van der Waals surface area contributed by atoms with E-state index in [1.54, 1.807) is 11.8 Å². The summed E-state index contributed by atoms with van der Waals surface area (Å²) in [4.78, 5) is 12.1. The van der Waals surface area contributed by atoms with Crippen LogP contribution in [0.5, 0.6) is 0 Å². The number of amides is 1. The zero-order valence-electron chi connectivity index (χ0n) is 9.83. The van der Waals surface area contributed by atoms with E-state index in [9.17, 15) is 4.79 Å². The molecule has 0 saturated carbocycles. The SMILES string of the molecule is CC1(C(=O)NCc2cccc(Br)c2)CCCS1. The lowest BCUT2D eigenvalue weighted by atomic mass is 10.0. The molecule has 1 saturated heterocycles. The fraction of sp³-hybridized carbons (Fsp3) is 0.462. The monoisotopic (exact) mass is 313 g/mol. The summed E-state index contributed by atoms with van der Waals surface area (Å²) in [6, 6.07) is 8.02. The van der Waals surface area contributed by atoms with Crippen LogP contribution in [0.15, 0.2) is 28.7 Å². The molecule has 17 heavy (non-hydrogen) atoms. The highest BCUT2D eigenvalue weighted by atomic mass is 79.9. The predicted octanol–water partition coefficient (Wildman–Crippen LogP) is 3.35. The summed E-state index contributed by atoms with van der Waals surface area (Å²) in [5, 5.41) is 3.03. The van der Waals surface area contributed by atoms with Crippen LogP contribution in [0, 0.1) is 0 Å². The summed E-state index contributed by atoms with van der Waals surface area (Å²) in [7, 11) is 0. The molecule has 1 aromatic carbocycles. The molecule has 1 aliphatic heterocycles. The Balaban J connectivity index is 1.92. The third-order valence-electron chi connectivity index (χ3n) is 3.04. The molecule has 4 heteroatoms. The normalized spacial score (nSPS) is 23.6. The van der Waals surface area contributed by atoms with Gasteiger partial charge in [0, 0.05) is 11.0 Å². The van der Waals surface area contributed by atoms with Crippen molar-refractivity contribution in [1.29, 1.82) is 0 Å². The molecule has 1 aromatic rings. The second kappa shape index (κ2) is 5.44. The van der Waals surface area contributed by atoms with Gasteiger partial charge < -0.3 is 5.32 Å². The van der Waals surface area contributed by atoms with Gasteiger partial charge in [0.2, 0.25) is 5.91 Å². The van der Waals surface area contributed by atoms with Gasteiger partial charge in [-0.15, -0.1) is 11.8 Å². The van der Waals surface area contributed by atoms with E-state index >= 15 is 0 Å². The van der Waals surface area contributed by atoms with E-state index in [1.807, 2.05) is 31.2 Å². The zero-order valence-corrected chi connectivity index (χ0v) is 12.2. The summed E-state index contributed by atoms with van der Waals surface area (Å²) in [6.07, 6.45) is 2.13. The highest BCUT2D eigenvalue weighted by molar-refractivity contribution is 9.10. The average molecular weight is 314 g/mol. The highest BCUT2D eigenvalue weighted by Crippen LogP contribution is 2.37. The first-order valence-corrected chi connectivity index (χ1v) is 7.55. The zero-order chi connectivity index (χ0) is 12.3. The molecular weight excluding hydrogens is 298 g/mol. The van der Waals surface area contributed by atoms with Crippen LogP contribution in [-0.4, -0.2) is 16.4 Å². The van der Waals surface area contributed by atoms with Crippen molar-refractivity contribution < 1.29 is 4.79 Å². The minimum atomic E-state index is -0.216. The van der Waals surface area contributed by atoms with Gasteiger partial charge in [0.25, 0.3) is 0 Å². The van der Waals surface area contributed by atoms with E-state index < -0.39 is 0 Å². The van der Waals surface area contributed by atoms with Gasteiger partial charge in [0.05, 0.1) is 4.75 Å². The van der Waals surface area contributed by atoms with Crippen LogP contribution < -0.4 is 5.32 Å². The van der Waals surface area contributed by atoms with Crippen LogP contribution in [-0.2, 0) is 11.3 Å². The second-order valence-electron chi connectivity index (χ2n) is 4.50. The van der Waals surface area contributed by atoms with Crippen LogP contribution in [0.3, 0.4) is 0 Å². The summed E-state index contributed by atoms with van der Waals surface area (Å²) < 4.78 is 0.831. The molecule has 1 heterocycles. The molecule has 0 aliphatic carbocycles. The maximum absolute atomic E-state index is 12.1. The Morgan fingerprint density at radius 1 is 1.59 bits per heavy atom. The topological polar surface area (TPSA) is 29.1 Å². The van der Waals surface area contributed by atoms with E-state index in [2.05, 4.69) is 21.2 Å². The quantitative estimate of drug-likeness (QED) is 0.927. The Morgan fingerprint density at radius 2 is 2.41 bits per heavy atom. The van der Waals surface area contributed by atoms with Gasteiger partial charge in [-0.05, 0) is 43.2 Å². The first-order valence-electron chi connectivity index (χ1n) is 5.77. The largest absolute Gasteiger partial charge is 0.351 e. The maximum Gasteiger partial charge on any atom is 0.236 e. The van der Waals surface area contributed by atoms with E-state index in [0.29, 0.717) is 6.54 Å². The number of hydrogen-bond donors (Lipinski definition) is 1. The van der Waals surface area contributed by atoms with Crippen molar-refractivity contribution in [2.75, 3.05) is 5.75 Å². The molecule has 0 radical (unpaired) electrons. The molecule has 2 rings (SSSR count). The van der Waals surface area contributed by atoms with Crippen LogP contribution in [0.4, 0.5) is 0 Å². The third-order valence-corrected chi connectivity index (χ3v) is 5.05. The minimum absolute atomic E-state index is 0.167. The summed E-state index contributed by atoms with van der Waals surface area (Å²) in [5.41, 5.74) is 1.12. The van der Waals surface area contributed by atoms with Crippen LogP contribution >= 0.6 is 27.7 Å². The van der Waals surface area contributed by atoms with Gasteiger partial charge >= 0.3 is 0 Å². The Kier molecular flexibility index (Phi) is 4.15. The first kappa shape index (κ1) is 13.0. The van der Waals surface area contributed by atoms with Crippen molar-refractivity contribution in [3.05, 3.63) is 34.3 Å². The van der Waals surface area contributed by atoms with Crippen molar-refractivity contribution in [2.24, 2.45) is 0 Å². The van der Waals surface area contributed by atoms with Crippen LogP contribution in [0.2, 0.25) is 0 Å². The molecule has 1 aliphatic rings. The third kappa shape index (κ3) is 3.26. The average Bonchev–Trinajstić information content (AvgIpc) is 2.74. The van der Waals surface area contributed by atoms with Crippen molar-refractivity contribution >= 4 is 33.6 Å². The number of hydrogen-bond acceptors (Lipinski definition) is 2. The molecular formula is C13H16BrNOS. The number of halogens is 1. The molecule has 0 spiro atoms. The Labute approximate surface area is 115 Å². The number of rotatable bonds is 3. The maximum atomic E-state index is 12.1. The number of carbonyl (C=O) groups is 1. The lowest BCUT2D eigenvalue weighted by Crippen LogP contribution is -2.39. The van der Waals surface area contributed by atoms with Crippen molar-refractivity contribution in [3.63, 3.8) is 0 Å². The molecule has 92 valence electrons. The lowest BCUT2D eigenvalue weighted by Gasteiger charge is -2.21. The van der Waals surface area contributed by atoms with Gasteiger partial charge in [-0.3, -0.25) is 4.79 Å². The Hall–Kier alpha value is -0.480. The Morgan fingerprint density at radius 3 is 3.06 bits per heavy atom. The fourth-order valence-electron chi connectivity index (χ4n) is 1.97. The first-order chi connectivity index (χ1) is 8.10. The van der Waals surface area contributed by atoms with Crippen molar-refractivity contribution in [1.82, 2.24) is 5.32 Å². The van der Waals surface area contributed by atoms with Gasteiger partial charge in [0.15, 0.2) is 0 Å². The summed E-state index contributed by atoms with van der Waals surface area (Å²) >= 11 is 5.20. The molecule has 0 aromatic heterocycles. The van der Waals surface area contributed by atoms with Crippen molar-refractivity contribution in [2.45, 2.75) is 31.1 Å². The van der Waals surface area contributed by atoms with Gasteiger partial charge in [-0.1, -0.05) is 28.1 Å². The minimum Gasteiger partial charge on any atom is -0.351 e. The molecule has 1 amide bonds. The molecule has 0 bridgehead atoms. The predicted molar refractivity (Wildman–Crippen MR) is 76.1 cm³/mol. The highest BCUT2D eigenvalue weighted by Gasteiger charge is 2.36. The molecule has 1 N–H and O–H groups in total. The number of benzene rings is 1. The van der Waals surface area contributed by atoms with Gasteiger partial charge in [-0.25, -0.2) is 0 Å². The standard InChI is InChI=1S/C13H16BrNOS/c1-13(6-3-7-17-13)12(16)15-9-10-4-2-5-11(14)8-10/h2,4-5,8H,3,6-7,9H2,1H3,(H,15,16). The second-order valence-corrected chi connectivity index (χ2v) is 7.01. The van der Waals surface area contributed by atoms with E-state index in [1.165, 1.54) is 0 Å². The van der Waals surface area contributed by atoms with Crippen LogP contribution in [0.25, 0.3) is 0 Å². The molecule has 1 atom stereocenters. The lowest BCUT2D eigenvalue weighted by molar-refractivity contribution is -0.123.